The first-order valence-electron chi connectivity index (χ1n) is 15.0. The molecule has 0 radical (unpaired) electrons. The van der Waals surface area contributed by atoms with Crippen molar-refractivity contribution in [3.05, 3.63) is 144 Å². The van der Waals surface area contributed by atoms with Gasteiger partial charge in [0.1, 0.15) is 23.4 Å². The summed E-state index contributed by atoms with van der Waals surface area (Å²) in [6.07, 6.45) is 3.48. The molecule has 4 aromatic rings. The highest BCUT2D eigenvalue weighted by Gasteiger charge is 2.63. The molecular formula is C37H41NO5. The molecule has 2 aliphatic rings. The van der Waals surface area contributed by atoms with E-state index in [4.69, 9.17) is 9.47 Å². The fraction of sp³-hybridized carbons (Fsp3) is 0.324. The quantitative estimate of drug-likeness (QED) is 0.262. The van der Waals surface area contributed by atoms with E-state index in [1.807, 2.05) is 121 Å². The van der Waals surface area contributed by atoms with Gasteiger partial charge in [0.2, 0.25) is 6.41 Å². The molecule has 4 aromatic carbocycles. The third kappa shape index (κ3) is 6.15. The maximum absolute atomic E-state index is 12.9. The summed E-state index contributed by atoms with van der Waals surface area (Å²) in [5, 5.41) is 25.8. The van der Waals surface area contributed by atoms with Crippen LogP contribution in [0.5, 0.6) is 0 Å². The summed E-state index contributed by atoms with van der Waals surface area (Å²) in [5.41, 5.74) is -0.373. The Morgan fingerprint density at radius 2 is 0.884 bits per heavy atom. The molecule has 6 nitrogen and oxygen atoms in total. The summed E-state index contributed by atoms with van der Waals surface area (Å²) in [7, 11) is 3.38. The van der Waals surface area contributed by atoms with Crippen LogP contribution in [0.2, 0.25) is 0 Å². The minimum absolute atomic E-state index is 0.695. The van der Waals surface area contributed by atoms with Crippen LogP contribution in [-0.4, -0.2) is 53.6 Å². The number of rotatable bonds is 7. The first-order chi connectivity index (χ1) is 20.8. The van der Waals surface area contributed by atoms with E-state index in [1.54, 1.807) is 14.1 Å². The van der Waals surface area contributed by atoms with Gasteiger partial charge in [-0.1, -0.05) is 128 Å². The maximum atomic E-state index is 12.9. The number of carbonyl (C=O) groups excluding carboxylic acids is 1. The van der Waals surface area contributed by atoms with Crippen molar-refractivity contribution in [2.45, 2.75) is 61.3 Å². The van der Waals surface area contributed by atoms with Crippen LogP contribution in [0.3, 0.4) is 0 Å². The SMILES string of the molecule is CN(C)C=O.OC(c1ccccc1)(c1ccccc1)[C@@H]1OC2(CCCCC2)O[C@H]1C(O)(c1ccccc1)c1ccccc1. The molecule has 2 atom stereocenters. The van der Waals surface area contributed by atoms with Crippen LogP contribution in [0, 0.1) is 0 Å². The highest BCUT2D eigenvalue weighted by molar-refractivity contribution is 5.45. The largest absolute Gasteiger partial charge is 0.378 e. The number of aliphatic hydroxyl groups is 2. The van der Waals surface area contributed by atoms with Gasteiger partial charge in [-0.05, 0) is 35.1 Å². The number of carbonyl (C=O) groups is 1. The first-order valence-corrected chi connectivity index (χ1v) is 15.0. The second-order valence-corrected chi connectivity index (χ2v) is 11.6. The third-order valence-corrected chi connectivity index (χ3v) is 8.46. The van der Waals surface area contributed by atoms with E-state index in [1.165, 1.54) is 4.90 Å². The van der Waals surface area contributed by atoms with E-state index in [9.17, 15) is 15.0 Å². The molecule has 2 fully saturated rings. The van der Waals surface area contributed by atoms with E-state index in [0.29, 0.717) is 22.3 Å². The van der Waals surface area contributed by atoms with E-state index in [2.05, 4.69) is 0 Å². The standard InChI is InChI=1S/C34H34O4.C3H7NO/c35-33(26-16-6-1-7-17-26,27-18-8-2-9-19-27)30-31(38-32(37-30)24-14-5-15-25-32)34(36,28-20-10-3-11-21-28)29-22-12-4-13-23-29;1-4(2)3-5/h1-4,6-13,16-23,30-31,35-36H,5,14-15,24-25H2;3H,1-2H3/t30-,31-;/m1./s1. The van der Waals surface area contributed by atoms with Gasteiger partial charge in [-0.25, -0.2) is 0 Å². The Bertz CT molecular complexity index is 1250. The molecule has 0 aromatic heterocycles. The van der Waals surface area contributed by atoms with Gasteiger partial charge in [0.05, 0.1) is 0 Å². The number of hydrogen-bond acceptors (Lipinski definition) is 5. The Balaban J connectivity index is 0.000000682. The Kier molecular flexibility index (Phi) is 9.43. The minimum Gasteiger partial charge on any atom is -0.378 e. The van der Waals surface area contributed by atoms with Gasteiger partial charge in [0.15, 0.2) is 5.79 Å². The number of ether oxygens (including phenoxy) is 2. The van der Waals surface area contributed by atoms with Crippen molar-refractivity contribution < 1.29 is 24.5 Å². The summed E-state index contributed by atoms with van der Waals surface area (Å²) < 4.78 is 13.9. The van der Waals surface area contributed by atoms with E-state index >= 15 is 0 Å². The summed E-state index contributed by atoms with van der Waals surface area (Å²) >= 11 is 0. The zero-order chi connectivity index (χ0) is 30.3. The van der Waals surface area contributed by atoms with Crippen LogP contribution in [0.15, 0.2) is 121 Å². The minimum atomic E-state index is -1.58. The smallest absolute Gasteiger partial charge is 0.209 e. The van der Waals surface area contributed by atoms with Crippen molar-refractivity contribution >= 4 is 6.41 Å². The summed E-state index contributed by atoms with van der Waals surface area (Å²) in [6.45, 7) is 0. The molecule has 224 valence electrons. The highest BCUT2D eigenvalue weighted by Crippen LogP contribution is 2.53. The average molecular weight is 580 g/mol. The highest BCUT2D eigenvalue weighted by atomic mass is 16.8. The lowest BCUT2D eigenvalue weighted by Gasteiger charge is -2.42. The summed E-state index contributed by atoms with van der Waals surface area (Å²) in [6, 6.07) is 38.5. The van der Waals surface area contributed by atoms with Gasteiger partial charge in [0, 0.05) is 26.9 Å². The van der Waals surface area contributed by atoms with Crippen LogP contribution < -0.4 is 0 Å². The van der Waals surface area contributed by atoms with Crippen LogP contribution in [-0.2, 0) is 25.5 Å². The zero-order valence-electron chi connectivity index (χ0n) is 24.9. The van der Waals surface area contributed by atoms with Gasteiger partial charge < -0.3 is 24.6 Å². The van der Waals surface area contributed by atoms with Crippen molar-refractivity contribution in [1.82, 2.24) is 4.90 Å². The van der Waals surface area contributed by atoms with Crippen molar-refractivity contribution in [3.63, 3.8) is 0 Å². The third-order valence-electron chi connectivity index (χ3n) is 8.46. The fourth-order valence-corrected chi connectivity index (χ4v) is 6.31. The Morgan fingerprint density at radius 3 is 1.14 bits per heavy atom. The number of amides is 1. The lowest BCUT2D eigenvalue weighted by Crippen LogP contribution is -2.54. The molecule has 1 saturated carbocycles. The van der Waals surface area contributed by atoms with Gasteiger partial charge in [-0.2, -0.15) is 0 Å². The van der Waals surface area contributed by atoms with Gasteiger partial charge in [0.25, 0.3) is 0 Å². The maximum Gasteiger partial charge on any atom is 0.209 e. The van der Waals surface area contributed by atoms with Gasteiger partial charge in [-0.3, -0.25) is 4.79 Å². The Hall–Kier alpha value is -3.81. The lowest BCUT2D eigenvalue weighted by atomic mass is 9.72. The molecule has 1 heterocycles. The second-order valence-electron chi connectivity index (χ2n) is 11.6. The summed E-state index contributed by atoms with van der Waals surface area (Å²) in [5.74, 6) is -0.872. The number of hydrogen-bond donors (Lipinski definition) is 2. The van der Waals surface area contributed by atoms with Crippen LogP contribution in [0.25, 0.3) is 0 Å². The topological polar surface area (TPSA) is 79.2 Å². The number of benzene rings is 4. The zero-order valence-corrected chi connectivity index (χ0v) is 24.9. The lowest BCUT2D eigenvalue weighted by molar-refractivity contribution is -0.213. The normalized spacial score (nSPS) is 19.7. The Morgan fingerprint density at radius 1 is 0.605 bits per heavy atom. The molecule has 6 heteroatoms. The molecule has 0 unspecified atom stereocenters. The molecule has 0 bridgehead atoms. The number of nitrogens with zero attached hydrogens (tertiary/aromatic N) is 1. The van der Waals surface area contributed by atoms with E-state index in [0.717, 1.165) is 38.5 Å². The van der Waals surface area contributed by atoms with Gasteiger partial charge >= 0.3 is 0 Å². The molecule has 1 saturated heterocycles. The van der Waals surface area contributed by atoms with Crippen molar-refractivity contribution in [1.29, 1.82) is 0 Å². The average Bonchev–Trinajstić information content (AvgIpc) is 3.45. The molecule has 1 amide bonds. The monoisotopic (exact) mass is 579 g/mol. The fourth-order valence-electron chi connectivity index (χ4n) is 6.31. The van der Waals surface area contributed by atoms with Crippen LogP contribution in [0.4, 0.5) is 0 Å². The molecular weight excluding hydrogens is 538 g/mol. The van der Waals surface area contributed by atoms with Crippen LogP contribution in [0.1, 0.15) is 54.4 Å². The predicted octanol–water partition coefficient (Wildman–Crippen LogP) is 6.01. The molecule has 43 heavy (non-hydrogen) atoms. The molecule has 1 spiro atoms. The van der Waals surface area contributed by atoms with Gasteiger partial charge in [-0.15, -0.1) is 0 Å². The van der Waals surface area contributed by atoms with Crippen molar-refractivity contribution in [2.75, 3.05) is 14.1 Å². The molecule has 1 aliphatic heterocycles. The summed E-state index contributed by atoms with van der Waals surface area (Å²) in [4.78, 5) is 10.9. The molecule has 6 rings (SSSR count). The van der Waals surface area contributed by atoms with Crippen molar-refractivity contribution in [2.24, 2.45) is 0 Å². The van der Waals surface area contributed by atoms with E-state index < -0.39 is 29.2 Å². The van der Waals surface area contributed by atoms with Crippen LogP contribution >= 0.6 is 0 Å². The first kappa shape index (κ1) is 30.6. The molecule has 2 N–H and O–H groups in total. The molecule has 1 aliphatic carbocycles. The second kappa shape index (κ2) is 13.2. The Labute approximate surface area is 254 Å². The van der Waals surface area contributed by atoms with Crippen molar-refractivity contribution in [3.8, 4) is 0 Å². The van der Waals surface area contributed by atoms with E-state index in [-0.39, 0.29) is 0 Å². The predicted molar refractivity (Wildman–Crippen MR) is 167 cm³/mol.